The molecule has 0 unspecified atom stereocenters. The monoisotopic (exact) mass is 421 g/mol. The second-order valence-electron chi connectivity index (χ2n) is 6.17. The van der Waals surface area contributed by atoms with E-state index in [0.717, 1.165) is 35.8 Å². The van der Waals surface area contributed by atoms with Crippen LogP contribution in [0.2, 0.25) is 0 Å². The summed E-state index contributed by atoms with van der Waals surface area (Å²) in [4.78, 5) is 2.31. The Balaban J connectivity index is 0.000000537. The van der Waals surface area contributed by atoms with E-state index in [1.54, 1.807) is 0 Å². The molecule has 10 heteroatoms. The van der Waals surface area contributed by atoms with Crippen LogP contribution in [0.3, 0.4) is 0 Å². The van der Waals surface area contributed by atoms with E-state index in [2.05, 4.69) is 62.4 Å². The summed E-state index contributed by atoms with van der Waals surface area (Å²) in [5.74, 6) is 0.823. The quantitative estimate of drug-likeness (QED) is 0.405. The van der Waals surface area contributed by atoms with E-state index < -0.39 is 10.2 Å². The minimum atomic E-state index is -4.94. The maximum atomic E-state index is 8.49. The Morgan fingerprint density at radius 1 is 0.931 bits per heavy atom. The van der Waals surface area contributed by atoms with Gasteiger partial charge >= 0.3 is 5.95 Å². The summed E-state index contributed by atoms with van der Waals surface area (Å²) in [5, 5.41) is 8.88. The largest absolute Gasteiger partial charge is 0.422 e. The molecule has 29 heavy (non-hydrogen) atoms. The Labute approximate surface area is 171 Å². The van der Waals surface area contributed by atoms with Crippen LogP contribution in [0.15, 0.2) is 58.8 Å². The summed E-state index contributed by atoms with van der Waals surface area (Å²) in [6.07, 6.45) is 0. The fraction of sp³-hybridized carbons (Fsp3) is 0.316. The average Bonchev–Trinajstić information content (AvgIpc) is 2.92. The molecule has 0 N–H and O–H groups in total. The minimum absolute atomic E-state index is 0.823. The van der Waals surface area contributed by atoms with Crippen molar-refractivity contribution in [2.24, 2.45) is 24.3 Å². The first-order chi connectivity index (χ1) is 13.7. The maximum Gasteiger partial charge on any atom is 0.422 e. The van der Waals surface area contributed by atoms with E-state index >= 15 is 0 Å². The Morgan fingerprint density at radius 2 is 1.48 bits per heavy atom. The number of rotatable bonds is 5. The molecule has 3 aromatic rings. The van der Waals surface area contributed by atoms with E-state index in [1.807, 2.05) is 38.4 Å². The van der Waals surface area contributed by atoms with Crippen molar-refractivity contribution >= 4 is 28.4 Å². The van der Waals surface area contributed by atoms with Crippen LogP contribution in [0.25, 0.3) is 11.0 Å². The SMILES string of the molecule is CCN(CC)c1ccc(/N=N/c2n(C)c3ccccc3[n+]2C)cc1.[O-][Cl+3]([O-])([O-])[O-]. The molecule has 0 bridgehead atoms. The Morgan fingerprint density at radius 3 is 2.00 bits per heavy atom. The third kappa shape index (κ3) is 6.21. The van der Waals surface area contributed by atoms with Gasteiger partial charge in [0.1, 0.15) is 16.7 Å². The number of azo groups is 1. The fourth-order valence-electron chi connectivity index (χ4n) is 3.03. The van der Waals surface area contributed by atoms with Gasteiger partial charge in [-0.3, -0.25) is 0 Å². The molecule has 0 fully saturated rings. The van der Waals surface area contributed by atoms with E-state index in [9.17, 15) is 0 Å². The van der Waals surface area contributed by atoms with Crippen molar-refractivity contribution in [1.29, 1.82) is 0 Å². The van der Waals surface area contributed by atoms with Crippen LogP contribution in [0.4, 0.5) is 17.3 Å². The molecule has 0 aliphatic heterocycles. The zero-order valence-electron chi connectivity index (χ0n) is 16.8. The first-order valence-electron chi connectivity index (χ1n) is 8.97. The van der Waals surface area contributed by atoms with Crippen LogP contribution in [0.1, 0.15) is 13.8 Å². The minimum Gasteiger partial charge on any atom is -0.372 e. The van der Waals surface area contributed by atoms with Crippen molar-refractivity contribution in [3.05, 3.63) is 48.5 Å². The smallest absolute Gasteiger partial charge is 0.372 e. The standard InChI is InChI=1S/C19H24N5.ClHO4/c1-5-24(6-2)16-13-11-15(12-14-16)20-21-19-22(3)17-9-7-8-10-18(17)23(19)4;2-1(3,4)5/h7-14H,5-6H2,1-4H3;(H,2,3,4,5)/q+1;/p-1. The second kappa shape index (κ2) is 9.77. The van der Waals surface area contributed by atoms with Crippen LogP contribution in [-0.4, -0.2) is 17.7 Å². The average molecular weight is 422 g/mol. The molecule has 0 aliphatic carbocycles. The summed E-state index contributed by atoms with van der Waals surface area (Å²) < 4.78 is 38.1. The predicted molar refractivity (Wildman–Crippen MR) is 98.3 cm³/mol. The summed E-state index contributed by atoms with van der Waals surface area (Å²) in [7, 11) is -0.916. The van der Waals surface area contributed by atoms with Crippen molar-refractivity contribution in [2.75, 3.05) is 18.0 Å². The third-order valence-corrected chi connectivity index (χ3v) is 4.44. The summed E-state index contributed by atoms with van der Waals surface area (Å²) in [6.45, 7) is 6.33. The zero-order chi connectivity index (χ0) is 21.6. The topological polar surface area (TPSA) is 129 Å². The van der Waals surface area contributed by atoms with E-state index in [1.165, 1.54) is 5.69 Å². The number of fused-ring (bicyclic) bond motifs is 1. The Kier molecular flexibility index (Phi) is 7.66. The number of imidazole rings is 1. The summed E-state index contributed by atoms with van der Waals surface area (Å²) in [6, 6.07) is 16.5. The van der Waals surface area contributed by atoms with Gasteiger partial charge in [-0.1, -0.05) is 17.2 Å². The van der Waals surface area contributed by atoms with Crippen molar-refractivity contribution in [1.82, 2.24) is 4.57 Å². The van der Waals surface area contributed by atoms with Gasteiger partial charge in [0.2, 0.25) is 0 Å². The van der Waals surface area contributed by atoms with Gasteiger partial charge in [-0.05, 0) is 50.2 Å². The van der Waals surface area contributed by atoms with Crippen molar-refractivity contribution in [3.8, 4) is 0 Å². The number of halogens is 1. The molecule has 0 amide bonds. The van der Waals surface area contributed by atoms with E-state index in [-0.39, 0.29) is 0 Å². The summed E-state index contributed by atoms with van der Waals surface area (Å²) in [5.41, 5.74) is 4.36. The Hall–Kier alpha value is -2.56. The molecular formula is C19H24ClN5O4. The number of hydrogen-bond acceptors (Lipinski definition) is 7. The fourth-order valence-corrected chi connectivity index (χ4v) is 3.03. The van der Waals surface area contributed by atoms with Crippen LogP contribution in [-0.2, 0) is 14.1 Å². The van der Waals surface area contributed by atoms with Crippen LogP contribution in [0, 0.1) is 10.2 Å². The van der Waals surface area contributed by atoms with Crippen LogP contribution < -0.4 is 28.1 Å². The molecular weight excluding hydrogens is 398 g/mol. The highest BCUT2D eigenvalue weighted by atomic mass is 35.7. The number of benzene rings is 2. The van der Waals surface area contributed by atoms with Crippen molar-refractivity contribution < 1.29 is 33.4 Å². The molecule has 0 saturated heterocycles. The number of para-hydroxylation sites is 2. The molecule has 2 aromatic carbocycles. The lowest BCUT2D eigenvalue weighted by atomic mass is 10.2. The van der Waals surface area contributed by atoms with Gasteiger partial charge in [0, 0.05) is 23.9 Å². The molecule has 0 spiro atoms. The Bertz CT molecular complexity index is 918. The normalized spacial score (nSPS) is 11.6. The van der Waals surface area contributed by atoms with Gasteiger partial charge < -0.3 is 4.90 Å². The highest BCUT2D eigenvalue weighted by molar-refractivity contribution is 5.73. The van der Waals surface area contributed by atoms with Gasteiger partial charge in [-0.25, -0.2) is 27.8 Å². The predicted octanol–water partition coefficient (Wildman–Crippen LogP) is -0.492. The van der Waals surface area contributed by atoms with Gasteiger partial charge in [-0.15, -0.1) is 10.2 Å². The number of aromatic nitrogens is 2. The molecule has 0 saturated carbocycles. The van der Waals surface area contributed by atoms with Gasteiger partial charge in [0.15, 0.2) is 0 Å². The van der Waals surface area contributed by atoms with Gasteiger partial charge in [-0.2, -0.15) is 0 Å². The number of nitrogens with zero attached hydrogens (tertiary/aromatic N) is 5. The van der Waals surface area contributed by atoms with Gasteiger partial charge in [0.05, 0.1) is 14.1 Å². The number of aryl methyl sites for hydroxylation is 2. The molecule has 0 radical (unpaired) electrons. The van der Waals surface area contributed by atoms with E-state index in [0.29, 0.717) is 0 Å². The highest BCUT2D eigenvalue weighted by Crippen LogP contribution is 2.23. The van der Waals surface area contributed by atoms with Crippen LogP contribution in [0.5, 0.6) is 0 Å². The molecule has 0 aliphatic rings. The van der Waals surface area contributed by atoms with Crippen molar-refractivity contribution in [2.45, 2.75) is 13.8 Å². The lowest BCUT2D eigenvalue weighted by Crippen LogP contribution is -2.68. The first kappa shape index (κ1) is 22.7. The molecule has 156 valence electrons. The van der Waals surface area contributed by atoms with Crippen LogP contribution >= 0.6 is 0 Å². The number of hydrogen-bond donors (Lipinski definition) is 0. The first-order valence-corrected chi connectivity index (χ1v) is 10.2. The zero-order valence-corrected chi connectivity index (χ0v) is 17.5. The molecule has 0 atom stereocenters. The lowest BCUT2D eigenvalue weighted by Gasteiger charge is -2.20. The third-order valence-electron chi connectivity index (χ3n) is 4.44. The summed E-state index contributed by atoms with van der Waals surface area (Å²) >= 11 is 0. The number of anilines is 1. The molecule has 3 rings (SSSR count). The molecule has 9 nitrogen and oxygen atoms in total. The van der Waals surface area contributed by atoms with Gasteiger partial charge in [0.25, 0.3) is 0 Å². The second-order valence-corrected chi connectivity index (χ2v) is 6.93. The molecule has 1 heterocycles. The van der Waals surface area contributed by atoms with E-state index in [4.69, 9.17) is 18.6 Å². The highest BCUT2D eigenvalue weighted by Gasteiger charge is 2.18. The lowest BCUT2D eigenvalue weighted by molar-refractivity contribution is -2.00. The van der Waals surface area contributed by atoms with Crippen molar-refractivity contribution in [3.63, 3.8) is 0 Å². The molecule has 1 aromatic heterocycles. The maximum absolute atomic E-state index is 8.49.